The molecule has 8 nitrogen and oxygen atoms in total. The lowest BCUT2D eigenvalue weighted by atomic mass is 9.97. The van der Waals surface area contributed by atoms with Crippen molar-refractivity contribution in [2.45, 2.75) is 46.1 Å². The van der Waals surface area contributed by atoms with Gasteiger partial charge in [0.15, 0.2) is 11.3 Å². The van der Waals surface area contributed by atoms with Gasteiger partial charge in [-0.05, 0) is 42.2 Å². The summed E-state index contributed by atoms with van der Waals surface area (Å²) in [4.78, 5) is 32.2. The van der Waals surface area contributed by atoms with Gasteiger partial charge in [0.1, 0.15) is 6.26 Å². The molecule has 0 radical (unpaired) electrons. The first-order chi connectivity index (χ1) is 14.7. The van der Waals surface area contributed by atoms with Gasteiger partial charge >= 0.3 is 5.69 Å². The Hall–Kier alpha value is -2.90. The smallest absolute Gasteiger partial charge is 0.330 e. The van der Waals surface area contributed by atoms with Crippen LogP contribution in [-0.2, 0) is 13.6 Å². The minimum atomic E-state index is -0.0468. The van der Waals surface area contributed by atoms with Crippen LogP contribution in [0.1, 0.15) is 55.7 Å². The lowest BCUT2D eigenvalue weighted by molar-refractivity contribution is 0.0769. The molecule has 1 amide bonds. The number of likely N-dealkylation sites (tertiary alicyclic amines) is 1. The van der Waals surface area contributed by atoms with Gasteiger partial charge < -0.3 is 9.42 Å². The highest BCUT2D eigenvalue weighted by molar-refractivity contribution is 5.92. The highest BCUT2D eigenvalue weighted by atomic mass is 16.5. The molecule has 1 aliphatic carbocycles. The molecule has 1 saturated carbocycles. The molecule has 0 aromatic carbocycles. The normalized spacial score (nSPS) is 23.6. The standard InChI is InChI=1S/C23H29N5O3/c1-23(2,3)13-28-19-6-5-17(24-20(19)26(4)22(28)30)14-9-15-11-27(12-16(15)10-14)21(29)18-7-8-31-25-18/h5-8,14-16H,9-13H2,1-4H3. The molecule has 3 aromatic rings. The second kappa shape index (κ2) is 7.07. The molecule has 8 heteroatoms. The summed E-state index contributed by atoms with van der Waals surface area (Å²) in [5.41, 5.74) is 3.08. The number of pyridine rings is 1. The molecule has 0 spiro atoms. The topological polar surface area (TPSA) is 86.2 Å². The van der Waals surface area contributed by atoms with E-state index in [4.69, 9.17) is 9.51 Å². The van der Waals surface area contributed by atoms with E-state index < -0.39 is 0 Å². The van der Waals surface area contributed by atoms with Crippen molar-refractivity contribution in [1.29, 1.82) is 0 Å². The predicted molar refractivity (Wildman–Crippen MR) is 116 cm³/mol. The fraction of sp³-hybridized carbons (Fsp3) is 0.565. The van der Waals surface area contributed by atoms with Gasteiger partial charge in [-0.2, -0.15) is 0 Å². The second-order valence-corrected chi connectivity index (χ2v) is 10.4. The highest BCUT2D eigenvalue weighted by Gasteiger charge is 2.43. The van der Waals surface area contributed by atoms with Gasteiger partial charge in [0.05, 0.1) is 5.52 Å². The molecule has 164 valence electrons. The number of carbonyl (C=O) groups excluding carboxylic acids is 1. The quantitative estimate of drug-likeness (QED) is 0.646. The number of fused-ring (bicyclic) bond motifs is 2. The Morgan fingerprint density at radius 3 is 2.48 bits per heavy atom. The molecular weight excluding hydrogens is 394 g/mol. The summed E-state index contributed by atoms with van der Waals surface area (Å²) < 4.78 is 8.32. The van der Waals surface area contributed by atoms with Gasteiger partial charge in [-0.15, -0.1) is 0 Å². The van der Waals surface area contributed by atoms with Crippen molar-refractivity contribution in [3.63, 3.8) is 0 Å². The Kier molecular flexibility index (Phi) is 4.57. The molecule has 4 heterocycles. The maximum absolute atomic E-state index is 12.8. The summed E-state index contributed by atoms with van der Waals surface area (Å²) in [6.07, 6.45) is 3.47. The van der Waals surface area contributed by atoms with E-state index in [9.17, 15) is 9.59 Å². The van der Waals surface area contributed by atoms with Gasteiger partial charge in [0.25, 0.3) is 5.91 Å². The van der Waals surface area contributed by atoms with Gasteiger partial charge in [-0.1, -0.05) is 25.9 Å². The molecule has 31 heavy (non-hydrogen) atoms. The molecular formula is C23H29N5O3. The maximum atomic E-state index is 12.8. The zero-order chi connectivity index (χ0) is 21.9. The van der Waals surface area contributed by atoms with Crippen molar-refractivity contribution in [2.75, 3.05) is 13.1 Å². The van der Waals surface area contributed by atoms with Crippen molar-refractivity contribution in [2.24, 2.45) is 24.3 Å². The van der Waals surface area contributed by atoms with Crippen LogP contribution in [0.25, 0.3) is 11.2 Å². The number of hydrogen-bond acceptors (Lipinski definition) is 5. The van der Waals surface area contributed by atoms with E-state index in [0.717, 1.165) is 42.8 Å². The fourth-order valence-electron chi connectivity index (χ4n) is 5.33. The first kappa shape index (κ1) is 20.0. The van der Waals surface area contributed by atoms with Crippen LogP contribution >= 0.6 is 0 Å². The number of imidazole rings is 1. The molecule has 3 aromatic heterocycles. The van der Waals surface area contributed by atoms with Crippen molar-refractivity contribution in [3.8, 4) is 0 Å². The molecule has 1 aliphatic heterocycles. The lowest BCUT2D eigenvalue weighted by Crippen LogP contribution is -2.30. The van der Waals surface area contributed by atoms with Crippen LogP contribution in [0, 0.1) is 17.3 Å². The summed E-state index contributed by atoms with van der Waals surface area (Å²) in [7, 11) is 1.80. The van der Waals surface area contributed by atoms with Crippen molar-refractivity contribution >= 4 is 17.1 Å². The summed E-state index contributed by atoms with van der Waals surface area (Å²) in [5.74, 6) is 1.28. The monoisotopic (exact) mass is 423 g/mol. The van der Waals surface area contributed by atoms with Crippen LogP contribution in [0.2, 0.25) is 0 Å². The first-order valence-corrected chi connectivity index (χ1v) is 11.0. The molecule has 2 atom stereocenters. The number of rotatable bonds is 3. The Morgan fingerprint density at radius 2 is 1.87 bits per heavy atom. The van der Waals surface area contributed by atoms with E-state index >= 15 is 0 Å². The summed E-state index contributed by atoms with van der Waals surface area (Å²) in [5, 5.41) is 3.78. The Morgan fingerprint density at radius 1 is 1.16 bits per heavy atom. The summed E-state index contributed by atoms with van der Waals surface area (Å²) in [6, 6.07) is 5.76. The van der Waals surface area contributed by atoms with Gasteiger partial charge in [-0.25, -0.2) is 9.78 Å². The second-order valence-electron chi connectivity index (χ2n) is 10.4. The van der Waals surface area contributed by atoms with E-state index in [1.165, 1.54) is 6.26 Å². The summed E-state index contributed by atoms with van der Waals surface area (Å²) in [6.45, 7) is 8.58. The molecule has 2 fully saturated rings. The maximum Gasteiger partial charge on any atom is 0.330 e. The van der Waals surface area contributed by atoms with Gasteiger partial charge in [0.2, 0.25) is 0 Å². The largest absolute Gasteiger partial charge is 0.364 e. The number of carbonyl (C=O) groups is 1. The minimum absolute atomic E-state index is 0.00890. The highest BCUT2D eigenvalue weighted by Crippen LogP contribution is 2.46. The Bertz CT molecular complexity index is 1170. The zero-order valence-corrected chi connectivity index (χ0v) is 18.5. The van der Waals surface area contributed by atoms with Gasteiger partial charge in [0, 0.05) is 44.4 Å². The predicted octanol–water partition coefficient (Wildman–Crippen LogP) is 3.03. The third kappa shape index (κ3) is 3.47. The van der Waals surface area contributed by atoms with E-state index in [1.807, 2.05) is 9.47 Å². The number of hydrogen-bond donors (Lipinski definition) is 0. The lowest BCUT2D eigenvalue weighted by Gasteiger charge is -2.19. The van der Waals surface area contributed by atoms with Gasteiger partial charge in [-0.3, -0.25) is 13.9 Å². The van der Waals surface area contributed by atoms with E-state index in [0.29, 0.717) is 30.0 Å². The average Bonchev–Trinajstić information content (AvgIpc) is 3.48. The minimum Gasteiger partial charge on any atom is -0.364 e. The van der Waals surface area contributed by atoms with Crippen molar-refractivity contribution in [1.82, 2.24) is 24.2 Å². The molecule has 1 saturated heterocycles. The average molecular weight is 424 g/mol. The number of nitrogens with zero attached hydrogens (tertiary/aromatic N) is 5. The molecule has 5 rings (SSSR count). The Labute approximate surface area is 180 Å². The van der Waals surface area contributed by atoms with Crippen LogP contribution in [-0.4, -0.2) is 43.2 Å². The van der Waals surface area contributed by atoms with Crippen LogP contribution < -0.4 is 5.69 Å². The number of aryl methyl sites for hydroxylation is 1. The first-order valence-electron chi connectivity index (χ1n) is 11.0. The number of amides is 1. The van der Waals surface area contributed by atoms with Crippen LogP contribution in [0.3, 0.4) is 0 Å². The van der Waals surface area contributed by atoms with E-state index in [-0.39, 0.29) is 17.0 Å². The van der Waals surface area contributed by atoms with Crippen molar-refractivity contribution in [3.05, 3.63) is 46.3 Å². The van der Waals surface area contributed by atoms with Crippen molar-refractivity contribution < 1.29 is 9.32 Å². The molecule has 2 aliphatic rings. The van der Waals surface area contributed by atoms with Crippen LogP contribution in [0.5, 0.6) is 0 Å². The third-order valence-corrected chi connectivity index (χ3v) is 6.75. The SMILES string of the molecule is Cn1c(=O)n(CC(C)(C)C)c2ccc(C3CC4CN(C(=O)c5ccon5)CC4C3)nc21. The molecule has 0 bridgehead atoms. The number of aromatic nitrogens is 4. The van der Waals surface area contributed by atoms with E-state index in [1.54, 1.807) is 17.7 Å². The fourth-order valence-corrected chi connectivity index (χ4v) is 5.33. The Balaban J connectivity index is 1.35. The third-order valence-electron chi connectivity index (χ3n) is 6.75. The molecule has 0 N–H and O–H groups in total. The van der Waals surface area contributed by atoms with E-state index in [2.05, 4.69) is 38.1 Å². The molecule has 2 unspecified atom stereocenters. The van der Waals surface area contributed by atoms with Crippen LogP contribution in [0.15, 0.2) is 33.8 Å². The summed E-state index contributed by atoms with van der Waals surface area (Å²) >= 11 is 0. The zero-order valence-electron chi connectivity index (χ0n) is 18.5. The van der Waals surface area contributed by atoms with Crippen LogP contribution in [0.4, 0.5) is 0 Å².